The Morgan fingerprint density at radius 3 is 3.07 bits per heavy atom. The van der Waals surface area contributed by atoms with E-state index in [4.69, 9.17) is 5.84 Å². The number of carbonyl (C=O) groups excluding carboxylic acids is 1. The molecular formula is C10H15N3OS. The maximum absolute atomic E-state index is 11.6. The Hall–Kier alpha value is -1.07. The molecule has 1 saturated heterocycles. The van der Waals surface area contributed by atoms with Crippen molar-refractivity contribution in [1.82, 2.24) is 9.91 Å². The van der Waals surface area contributed by atoms with Crippen molar-refractivity contribution < 1.29 is 4.79 Å². The van der Waals surface area contributed by atoms with Crippen molar-refractivity contribution in [2.45, 2.75) is 12.8 Å². The summed E-state index contributed by atoms with van der Waals surface area (Å²) in [6.45, 7) is 2.27. The highest BCUT2D eigenvalue weighted by atomic mass is 32.1. The van der Waals surface area contributed by atoms with Gasteiger partial charge in [-0.25, -0.2) is 10.6 Å². The van der Waals surface area contributed by atoms with Crippen molar-refractivity contribution in [3.05, 3.63) is 22.4 Å². The molecule has 0 aliphatic carbocycles. The number of hydrogen-bond acceptors (Lipinski definition) is 3. The molecule has 4 nitrogen and oxygen atoms in total. The zero-order valence-electron chi connectivity index (χ0n) is 8.56. The highest BCUT2D eigenvalue weighted by molar-refractivity contribution is 7.07. The zero-order chi connectivity index (χ0) is 10.7. The van der Waals surface area contributed by atoms with E-state index < -0.39 is 0 Å². The summed E-state index contributed by atoms with van der Waals surface area (Å²) < 4.78 is 0. The second kappa shape index (κ2) is 4.63. The lowest BCUT2D eigenvalue weighted by atomic mass is 10.2. The second-order valence-electron chi connectivity index (χ2n) is 3.70. The van der Waals surface area contributed by atoms with Crippen LogP contribution in [0.5, 0.6) is 0 Å². The molecule has 2 rings (SSSR count). The summed E-state index contributed by atoms with van der Waals surface area (Å²) in [4.78, 5) is 13.4. The van der Waals surface area contributed by atoms with Crippen LogP contribution < -0.4 is 5.84 Å². The van der Waals surface area contributed by atoms with Crippen molar-refractivity contribution in [1.29, 1.82) is 0 Å². The molecule has 2 heterocycles. The van der Waals surface area contributed by atoms with Crippen molar-refractivity contribution >= 4 is 17.4 Å². The Morgan fingerprint density at radius 1 is 1.47 bits per heavy atom. The molecule has 0 radical (unpaired) electrons. The predicted octanol–water partition coefficient (Wildman–Crippen LogP) is 1.29. The van der Waals surface area contributed by atoms with Crippen LogP contribution in [-0.2, 0) is 6.42 Å². The van der Waals surface area contributed by atoms with E-state index in [0.717, 1.165) is 25.9 Å². The van der Waals surface area contributed by atoms with Gasteiger partial charge in [-0.15, -0.1) is 0 Å². The lowest BCUT2D eigenvalue weighted by Gasteiger charge is -2.32. The summed E-state index contributed by atoms with van der Waals surface area (Å²) in [7, 11) is 0. The number of nitrogens with zero attached hydrogens (tertiary/aromatic N) is 2. The van der Waals surface area contributed by atoms with Gasteiger partial charge in [0.15, 0.2) is 0 Å². The molecule has 0 unspecified atom stereocenters. The van der Waals surface area contributed by atoms with Crippen molar-refractivity contribution in [2.75, 3.05) is 19.6 Å². The standard InChI is InChI=1S/C10H15N3OS/c11-13-5-1-4-12(10(13)14)6-2-9-3-7-15-8-9/h3,7-8H,1-2,4-6,11H2. The summed E-state index contributed by atoms with van der Waals surface area (Å²) in [6, 6.07) is 2.05. The number of amides is 2. The number of carbonyl (C=O) groups is 1. The van der Waals surface area contributed by atoms with Crippen LogP contribution in [-0.4, -0.2) is 35.6 Å². The average Bonchev–Trinajstić information content (AvgIpc) is 2.73. The topological polar surface area (TPSA) is 49.6 Å². The molecule has 0 aromatic carbocycles. The van der Waals surface area contributed by atoms with Crippen LogP contribution in [0.3, 0.4) is 0 Å². The first-order chi connectivity index (χ1) is 7.27. The third kappa shape index (κ3) is 2.49. The van der Waals surface area contributed by atoms with Gasteiger partial charge in [-0.1, -0.05) is 0 Å². The normalized spacial score (nSPS) is 17.3. The zero-order valence-corrected chi connectivity index (χ0v) is 9.37. The van der Waals surface area contributed by atoms with E-state index in [0.29, 0.717) is 6.54 Å². The summed E-state index contributed by atoms with van der Waals surface area (Å²) in [6.07, 6.45) is 1.88. The lowest BCUT2D eigenvalue weighted by molar-refractivity contribution is 0.131. The summed E-state index contributed by atoms with van der Waals surface area (Å²) in [5.74, 6) is 5.56. The summed E-state index contributed by atoms with van der Waals surface area (Å²) >= 11 is 1.69. The minimum Gasteiger partial charge on any atom is -0.323 e. The van der Waals surface area contributed by atoms with Crippen LogP contribution in [0.1, 0.15) is 12.0 Å². The quantitative estimate of drug-likeness (QED) is 0.622. The number of nitrogens with two attached hydrogens (primary N) is 1. The Balaban J connectivity index is 1.86. The minimum absolute atomic E-state index is 0.0449. The van der Waals surface area contributed by atoms with E-state index in [9.17, 15) is 4.79 Å². The predicted molar refractivity (Wildman–Crippen MR) is 60.5 cm³/mol. The SMILES string of the molecule is NN1CCCN(CCc2ccsc2)C1=O. The number of thiophene rings is 1. The maximum atomic E-state index is 11.6. The van der Waals surface area contributed by atoms with Crippen molar-refractivity contribution in [2.24, 2.45) is 5.84 Å². The molecule has 0 bridgehead atoms. The molecule has 1 aliphatic heterocycles. The molecule has 5 heteroatoms. The second-order valence-corrected chi connectivity index (χ2v) is 4.48. The van der Waals surface area contributed by atoms with Crippen LogP contribution >= 0.6 is 11.3 Å². The van der Waals surface area contributed by atoms with Gasteiger partial charge in [-0.05, 0) is 35.2 Å². The smallest absolute Gasteiger partial charge is 0.323 e. The van der Waals surface area contributed by atoms with Crippen molar-refractivity contribution in [3.63, 3.8) is 0 Å². The molecular weight excluding hydrogens is 210 g/mol. The Morgan fingerprint density at radius 2 is 2.33 bits per heavy atom. The number of hydrogen-bond donors (Lipinski definition) is 1. The van der Waals surface area contributed by atoms with Gasteiger partial charge in [0.2, 0.25) is 0 Å². The lowest BCUT2D eigenvalue weighted by Crippen LogP contribution is -2.52. The number of rotatable bonds is 3. The highest BCUT2D eigenvalue weighted by Crippen LogP contribution is 2.10. The van der Waals surface area contributed by atoms with Gasteiger partial charge in [-0.3, -0.25) is 5.01 Å². The Kier molecular flexibility index (Phi) is 3.23. The number of hydrazine groups is 1. The van der Waals surface area contributed by atoms with Gasteiger partial charge in [0.05, 0.1) is 0 Å². The summed E-state index contributed by atoms with van der Waals surface area (Å²) in [5.41, 5.74) is 1.29. The van der Waals surface area contributed by atoms with Gasteiger partial charge in [0.25, 0.3) is 0 Å². The minimum atomic E-state index is -0.0449. The van der Waals surface area contributed by atoms with Crippen LogP contribution in [0.4, 0.5) is 4.79 Å². The van der Waals surface area contributed by atoms with Crippen molar-refractivity contribution in [3.8, 4) is 0 Å². The maximum Gasteiger partial charge on any atom is 0.334 e. The van der Waals surface area contributed by atoms with Crippen LogP contribution in [0.2, 0.25) is 0 Å². The number of urea groups is 1. The van der Waals surface area contributed by atoms with E-state index in [2.05, 4.69) is 16.8 Å². The highest BCUT2D eigenvalue weighted by Gasteiger charge is 2.22. The first kappa shape index (κ1) is 10.4. The first-order valence-corrected chi connectivity index (χ1v) is 6.04. The third-order valence-electron chi connectivity index (χ3n) is 2.59. The van der Waals surface area contributed by atoms with Crippen LogP contribution in [0.15, 0.2) is 16.8 Å². The van der Waals surface area contributed by atoms with Crippen LogP contribution in [0.25, 0.3) is 0 Å². The molecule has 2 N–H and O–H groups in total. The molecule has 1 fully saturated rings. The van der Waals surface area contributed by atoms with Crippen LogP contribution in [0, 0.1) is 0 Å². The van der Waals surface area contributed by atoms with E-state index in [1.807, 2.05) is 4.90 Å². The van der Waals surface area contributed by atoms with Gasteiger partial charge >= 0.3 is 6.03 Å². The van der Waals surface area contributed by atoms with Gasteiger partial charge < -0.3 is 4.90 Å². The summed E-state index contributed by atoms with van der Waals surface area (Å²) in [5, 5.41) is 5.48. The molecule has 1 aliphatic rings. The van der Waals surface area contributed by atoms with Gasteiger partial charge in [-0.2, -0.15) is 11.3 Å². The van der Waals surface area contributed by atoms with E-state index in [-0.39, 0.29) is 6.03 Å². The third-order valence-corrected chi connectivity index (χ3v) is 3.33. The molecule has 0 saturated carbocycles. The molecule has 1 aromatic heterocycles. The molecule has 2 amide bonds. The fourth-order valence-corrected chi connectivity index (χ4v) is 2.41. The molecule has 1 aromatic rings. The van der Waals surface area contributed by atoms with Gasteiger partial charge in [0, 0.05) is 19.6 Å². The van der Waals surface area contributed by atoms with E-state index in [1.54, 1.807) is 11.3 Å². The first-order valence-electron chi connectivity index (χ1n) is 5.09. The Bertz CT molecular complexity index is 325. The fraction of sp³-hybridized carbons (Fsp3) is 0.500. The molecule has 82 valence electrons. The molecule has 15 heavy (non-hydrogen) atoms. The largest absolute Gasteiger partial charge is 0.334 e. The van der Waals surface area contributed by atoms with E-state index in [1.165, 1.54) is 10.6 Å². The van der Waals surface area contributed by atoms with E-state index >= 15 is 0 Å². The molecule has 0 atom stereocenters. The fourth-order valence-electron chi connectivity index (χ4n) is 1.71. The van der Waals surface area contributed by atoms with Gasteiger partial charge in [0.1, 0.15) is 0 Å². The monoisotopic (exact) mass is 225 g/mol. The molecule has 0 spiro atoms. The average molecular weight is 225 g/mol. The Labute approximate surface area is 93.2 Å².